The van der Waals surface area contributed by atoms with Gasteiger partial charge in [0.25, 0.3) is 0 Å². The van der Waals surface area contributed by atoms with E-state index in [1.165, 1.54) is 20.0 Å². The van der Waals surface area contributed by atoms with Crippen molar-refractivity contribution in [1.82, 2.24) is 10.2 Å². The van der Waals surface area contributed by atoms with Gasteiger partial charge in [0.05, 0.1) is 7.11 Å². The Hall–Kier alpha value is -0.610. The van der Waals surface area contributed by atoms with Crippen LogP contribution in [0.5, 0.6) is 0 Å². The Morgan fingerprint density at radius 3 is 2.68 bits per heavy atom. The van der Waals surface area contributed by atoms with E-state index in [2.05, 4.69) is 24.1 Å². The van der Waals surface area contributed by atoms with Crippen LogP contribution in [0.15, 0.2) is 0 Å². The lowest BCUT2D eigenvalue weighted by Crippen LogP contribution is -2.51. The predicted molar refractivity (Wildman–Crippen MR) is 76.0 cm³/mol. The molecule has 0 radical (unpaired) electrons. The number of esters is 1. The van der Waals surface area contributed by atoms with Gasteiger partial charge in [-0.2, -0.15) is 0 Å². The highest BCUT2D eigenvalue weighted by Gasteiger charge is 2.36. The van der Waals surface area contributed by atoms with Crippen molar-refractivity contribution in [2.24, 2.45) is 11.8 Å². The van der Waals surface area contributed by atoms with Crippen molar-refractivity contribution in [3.63, 3.8) is 0 Å². The third-order valence-electron chi connectivity index (χ3n) is 4.13. The van der Waals surface area contributed by atoms with Crippen molar-refractivity contribution in [3.8, 4) is 0 Å². The molecule has 4 heteroatoms. The highest BCUT2D eigenvalue weighted by molar-refractivity contribution is 5.69. The first-order chi connectivity index (χ1) is 9.08. The van der Waals surface area contributed by atoms with Crippen LogP contribution in [-0.2, 0) is 9.53 Å². The summed E-state index contributed by atoms with van der Waals surface area (Å²) in [6.45, 7) is 7.75. The Kier molecular flexibility index (Phi) is 5.22. The van der Waals surface area contributed by atoms with Crippen molar-refractivity contribution in [2.45, 2.75) is 51.6 Å². The molecule has 0 spiro atoms. The molecule has 1 N–H and O–H groups in total. The lowest BCUT2D eigenvalue weighted by molar-refractivity contribution is -0.142. The second-order valence-corrected chi connectivity index (χ2v) is 6.57. The number of hydrogen-bond acceptors (Lipinski definition) is 4. The molecule has 1 saturated carbocycles. The maximum Gasteiger partial charge on any atom is 0.305 e. The highest BCUT2D eigenvalue weighted by atomic mass is 16.5. The number of nitrogens with one attached hydrogen (secondary N) is 1. The van der Waals surface area contributed by atoms with Crippen LogP contribution in [0.1, 0.15) is 39.5 Å². The van der Waals surface area contributed by atoms with Crippen molar-refractivity contribution in [1.29, 1.82) is 0 Å². The Labute approximate surface area is 116 Å². The zero-order chi connectivity index (χ0) is 13.8. The van der Waals surface area contributed by atoms with Gasteiger partial charge in [-0.05, 0) is 37.6 Å². The molecule has 2 aliphatic rings. The number of methoxy groups -OCH3 is 1. The molecule has 4 nitrogen and oxygen atoms in total. The molecule has 2 fully saturated rings. The van der Waals surface area contributed by atoms with Crippen LogP contribution in [0.4, 0.5) is 0 Å². The molecule has 0 aromatic rings. The maximum atomic E-state index is 11.5. The van der Waals surface area contributed by atoms with Crippen molar-refractivity contribution >= 4 is 5.97 Å². The fourth-order valence-corrected chi connectivity index (χ4v) is 3.00. The number of ether oxygens (including phenoxy) is 1. The SMILES string of the molecule is COC(=O)CC1CC(NCC(C)C)CN(C2CC2)C1. The molecule has 1 aliphatic carbocycles. The molecule has 0 aromatic carbocycles. The molecule has 1 heterocycles. The summed E-state index contributed by atoms with van der Waals surface area (Å²) in [5.41, 5.74) is 0. The van der Waals surface area contributed by atoms with Crippen molar-refractivity contribution in [2.75, 3.05) is 26.7 Å². The molecule has 0 aromatic heterocycles. The lowest BCUT2D eigenvalue weighted by atomic mass is 9.91. The monoisotopic (exact) mass is 268 g/mol. The third kappa shape index (κ3) is 4.77. The molecular formula is C15H28N2O2. The van der Waals surface area contributed by atoms with Crippen molar-refractivity contribution in [3.05, 3.63) is 0 Å². The minimum Gasteiger partial charge on any atom is -0.469 e. The van der Waals surface area contributed by atoms with E-state index in [-0.39, 0.29) is 5.97 Å². The largest absolute Gasteiger partial charge is 0.469 e. The molecule has 1 aliphatic heterocycles. The smallest absolute Gasteiger partial charge is 0.305 e. The minimum absolute atomic E-state index is 0.0646. The van der Waals surface area contributed by atoms with E-state index in [9.17, 15) is 4.79 Å². The fourth-order valence-electron chi connectivity index (χ4n) is 3.00. The standard InChI is InChI=1S/C15H28N2O2/c1-11(2)8-16-13-6-12(7-15(18)19-3)9-17(10-13)14-4-5-14/h11-14,16H,4-10H2,1-3H3. The van der Waals surface area contributed by atoms with Gasteiger partial charge in [0.2, 0.25) is 0 Å². The van der Waals surface area contributed by atoms with E-state index in [0.717, 1.165) is 32.1 Å². The highest BCUT2D eigenvalue weighted by Crippen LogP contribution is 2.32. The molecule has 2 unspecified atom stereocenters. The van der Waals surface area contributed by atoms with Gasteiger partial charge in [-0.1, -0.05) is 13.8 Å². The van der Waals surface area contributed by atoms with Crippen LogP contribution < -0.4 is 5.32 Å². The lowest BCUT2D eigenvalue weighted by Gasteiger charge is -2.38. The van der Waals surface area contributed by atoms with Crippen molar-refractivity contribution < 1.29 is 9.53 Å². The van der Waals surface area contributed by atoms with E-state index < -0.39 is 0 Å². The second kappa shape index (κ2) is 6.71. The van der Waals surface area contributed by atoms with Gasteiger partial charge in [0.1, 0.15) is 0 Å². The summed E-state index contributed by atoms with van der Waals surface area (Å²) in [5.74, 6) is 1.06. The van der Waals surface area contributed by atoms with Crippen LogP contribution in [0.2, 0.25) is 0 Å². The van der Waals surface area contributed by atoms with Gasteiger partial charge in [-0.3, -0.25) is 9.69 Å². The van der Waals surface area contributed by atoms with Gasteiger partial charge in [0, 0.05) is 31.6 Å². The van der Waals surface area contributed by atoms with Crippen LogP contribution in [0.3, 0.4) is 0 Å². The van der Waals surface area contributed by atoms with E-state index in [4.69, 9.17) is 4.74 Å². The number of nitrogens with zero attached hydrogens (tertiary/aromatic N) is 1. The van der Waals surface area contributed by atoms with Crippen LogP contribution in [0, 0.1) is 11.8 Å². The number of likely N-dealkylation sites (tertiary alicyclic amines) is 1. The Morgan fingerprint density at radius 1 is 1.37 bits per heavy atom. The summed E-state index contributed by atoms with van der Waals surface area (Å²) in [6.07, 6.45) is 4.34. The normalized spacial score (nSPS) is 28.6. The van der Waals surface area contributed by atoms with Crippen LogP contribution in [0.25, 0.3) is 0 Å². The first-order valence-electron chi connectivity index (χ1n) is 7.62. The Balaban J connectivity index is 1.86. The van der Waals surface area contributed by atoms with Gasteiger partial charge in [-0.25, -0.2) is 0 Å². The quantitative estimate of drug-likeness (QED) is 0.744. The minimum atomic E-state index is -0.0646. The number of rotatable bonds is 6. The molecule has 19 heavy (non-hydrogen) atoms. The first-order valence-corrected chi connectivity index (χ1v) is 7.62. The fraction of sp³-hybridized carbons (Fsp3) is 0.933. The molecule has 1 saturated heterocycles. The number of piperidine rings is 1. The number of carbonyl (C=O) groups is 1. The molecule has 2 rings (SSSR count). The average molecular weight is 268 g/mol. The molecule has 110 valence electrons. The summed E-state index contributed by atoms with van der Waals surface area (Å²) >= 11 is 0. The van der Waals surface area contributed by atoms with Crippen LogP contribution >= 0.6 is 0 Å². The molecule has 0 bridgehead atoms. The average Bonchev–Trinajstić information content (AvgIpc) is 3.20. The summed E-state index contributed by atoms with van der Waals surface area (Å²) in [4.78, 5) is 14.1. The summed E-state index contributed by atoms with van der Waals surface area (Å²) in [6, 6.07) is 1.32. The van der Waals surface area contributed by atoms with Crippen LogP contribution in [-0.4, -0.2) is 49.7 Å². The van der Waals surface area contributed by atoms with Gasteiger partial charge >= 0.3 is 5.97 Å². The van der Waals surface area contributed by atoms with E-state index >= 15 is 0 Å². The zero-order valence-corrected chi connectivity index (χ0v) is 12.5. The van der Waals surface area contributed by atoms with E-state index in [1.807, 2.05) is 0 Å². The number of carbonyl (C=O) groups excluding carboxylic acids is 1. The Morgan fingerprint density at radius 2 is 2.11 bits per heavy atom. The van der Waals surface area contributed by atoms with Gasteiger partial charge in [0.15, 0.2) is 0 Å². The predicted octanol–water partition coefficient (Wildman–Crippen LogP) is 1.65. The maximum absolute atomic E-state index is 11.5. The summed E-state index contributed by atoms with van der Waals surface area (Å²) in [5, 5.41) is 3.66. The molecule has 2 atom stereocenters. The first kappa shape index (κ1) is 14.8. The molecular weight excluding hydrogens is 240 g/mol. The summed E-state index contributed by atoms with van der Waals surface area (Å²) < 4.78 is 4.82. The second-order valence-electron chi connectivity index (χ2n) is 6.57. The Bertz CT molecular complexity index is 303. The van der Waals surface area contributed by atoms with E-state index in [0.29, 0.717) is 24.3 Å². The van der Waals surface area contributed by atoms with Gasteiger partial charge < -0.3 is 10.1 Å². The molecule has 0 amide bonds. The van der Waals surface area contributed by atoms with E-state index in [1.54, 1.807) is 0 Å². The summed E-state index contributed by atoms with van der Waals surface area (Å²) in [7, 11) is 1.48. The third-order valence-corrected chi connectivity index (χ3v) is 4.13. The number of hydrogen-bond donors (Lipinski definition) is 1. The zero-order valence-electron chi connectivity index (χ0n) is 12.5. The topological polar surface area (TPSA) is 41.6 Å². The van der Waals surface area contributed by atoms with Gasteiger partial charge in [-0.15, -0.1) is 0 Å².